The van der Waals surface area contributed by atoms with Gasteiger partial charge in [0.15, 0.2) is 0 Å². The summed E-state index contributed by atoms with van der Waals surface area (Å²) in [5, 5.41) is 8.39. The largest absolute Gasteiger partial charge is 0.460 e. The minimum absolute atomic E-state index is 0.0212. The molecule has 4 nitrogen and oxygen atoms in total. The van der Waals surface area contributed by atoms with Gasteiger partial charge in [-0.05, 0) is 5.92 Å². The summed E-state index contributed by atoms with van der Waals surface area (Å²) >= 11 is 0. The Morgan fingerprint density at radius 3 is 2.50 bits per heavy atom. The fourth-order valence-corrected chi connectivity index (χ4v) is 0.688. The predicted molar refractivity (Wildman–Crippen MR) is 52.8 cm³/mol. The number of ether oxygens (including phenoxy) is 2. The minimum Gasteiger partial charge on any atom is -0.460 e. The molecule has 0 aliphatic heterocycles. The van der Waals surface area contributed by atoms with Gasteiger partial charge in [-0.25, -0.2) is 4.79 Å². The molecule has 14 heavy (non-hydrogen) atoms. The highest BCUT2D eigenvalue weighted by atomic mass is 16.6. The summed E-state index contributed by atoms with van der Waals surface area (Å²) in [6.45, 7) is 8.12. The highest BCUT2D eigenvalue weighted by molar-refractivity contribution is 5.88. The number of esters is 1. The standard InChI is InChI=1S/C10H18O4/c1-8(2)9(3)10(12)14-7-6-13-5-4-11/h8,11H,3-7H2,1-2H3. The Morgan fingerprint density at radius 1 is 1.36 bits per heavy atom. The molecule has 0 saturated heterocycles. The van der Waals surface area contributed by atoms with Crippen molar-refractivity contribution in [2.75, 3.05) is 26.4 Å². The second-order valence-corrected chi connectivity index (χ2v) is 3.15. The first-order valence-electron chi connectivity index (χ1n) is 4.64. The van der Waals surface area contributed by atoms with E-state index in [0.29, 0.717) is 12.2 Å². The van der Waals surface area contributed by atoms with Crippen LogP contribution in [0.25, 0.3) is 0 Å². The van der Waals surface area contributed by atoms with Crippen LogP contribution in [0.3, 0.4) is 0 Å². The topological polar surface area (TPSA) is 55.8 Å². The van der Waals surface area contributed by atoms with E-state index in [1.807, 2.05) is 13.8 Å². The monoisotopic (exact) mass is 202 g/mol. The van der Waals surface area contributed by atoms with Crippen LogP contribution >= 0.6 is 0 Å². The number of hydrogen-bond acceptors (Lipinski definition) is 4. The maximum absolute atomic E-state index is 11.2. The SMILES string of the molecule is C=C(C(=O)OCCOCCO)C(C)C. The highest BCUT2D eigenvalue weighted by Gasteiger charge is 2.11. The van der Waals surface area contributed by atoms with Crippen molar-refractivity contribution in [2.45, 2.75) is 13.8 Å². The van der Waals surface area contributed by atoms with Crippen LogP contribution in [-0.2, 0) is 14.3 Å². The molecule has 0 aliphatic carbocycles. The lowest BCUT2D eigenvalue weighted by Gasteiger charge is -2.09. The van der Waals surface area contributed by atoms with Crippen LogP contribution in [-0.4, -0.2) is 37.5 Å². The number of aliphatic hydroxyl groups is 1. The smallest absolute Gasteiger partial charge is 0.333 e. The molecular weight excluding hydrogens is 184 g/mol. The van der Waals surface area contributed by atoms with Crippen LogP contribution in [0.5, 0.6) is 0 Å². The first kappa shape index (κ1) is 13.1. The molecule has 0 atom stereocenters. The van der Waals surface area contributed by atoms with Crippen molar-refractivity contribution in [1.82, 2.24) is 0 Å². The van der Waals surface area contributed by atoms with Crippen molar-refractivity contribution in [3.63, 3.8) is 0 Å². The van der Waals surface area contributed by atoms with E-state index < -0.39 is 0 Å². The molecule has 0 unspecified atom stereocenters. The van der Waals surface area contributed by atoms with Gasteiger partial charge in [0, 0.05) is 5.57 Å². The van der Waals surface area contributed by atoms with Crippen molar-refractivity contribution < 1.29 is 19.4 Å². The summed E-state index contributed by atoms with van der Waals surface area (Å²) in [6, 6.07) is 0. The summed E-state index contributed by atoms with van der Waals surface area (Å²) in [5.74, 6) is -0.284. The number of aliphatic hydroxyl groups excluding tert-OH is 1. The molecule has 0 rings (SSSR count). The Morgan fingerprint density at radius 2 is 2.00 bits per heavy atom. The molecule has 0 aromatic heterocycles. The molecule has 0 radical (unpaired) electrons. The third kappa shape index (κ3) is 5.72. The third-order valence-electron chi connectivity index (χ3n) is 1.66. The predicted octanol–water partition coefficient (Wildman–Crippen LogP) is 0.751. The summed E-state index contributed by atoms with van der Waals surface area (Å²) in [6.07, 6.45) is 0. The summed E-state index contributed by atoms with van der Waals surface area (Å²) in [4.78, 5) is 11.2. The lowest BCUT2D eigenvalue weighted by Crippen LogP contribution is -2.15. The zero-order valence-corrected chi connectivity index (χ0v) is 8.78. The molecule has 0 fully saturated rings. The molecule has 0 spiro atoms. The van der Waals surface area contributed by atoms with E-state index in [0.717, 1.165) is 0 Å². The molecule has 0 amide bonds. The fraction of sp³-hybridized carbons (Fsp3) is 0.700. The molecule has 0 saturated carbocycles. The van der Waals surface area contributed by atoms with Gasteiger partial charge in [-0.1, -0.05) is 20.4 Å². The molecule has 82 valence electrons. The van der Waals surface area contributed by atoms with E-state index in [2.05, 4.69) is 6.58 Å². The van der Waals surface area contributed by atoms with E-state index in [-0.39, 0.29) is 31.7 Å². The first-order valence-corrected chi connectivity index (χ1v) is 4.64. The highest BCUT2D eigenvalue weighted by Crippen LogP contribution is 2.07. The van der Waals surface area contributed by atoms with Gasteiger partial charge in [0.1, 0.15) is 6.61 Å². The first-order chi connectivity index (χ1) is 6.59. The van der Waals surface area contributed by atoms with E-state index in [9.17, 15) is 4.79 Å². The van der Waals surface area contributed by atoms with Gasteiger partial charge in [0.25, 0.3) is 0 Å². The Bertz CT molecular complexity index is 187. The van der Waals surface area contributed by atoms with Crippen molar-refractivity contribution in [3.8, 4) is 0 Å². The van der Waals surface area contributed by atoms with Crippen molar-refractivity contribution in [1.29, 1.82) is 0 Å². The second kappa shape index (κ2) is 7.53. The Kier molecular flexibility index (Phi) is 7.06. The lowest BCUT2D eigenvalue weighted by molar-refractivity contribution is -0.141. The Balaban J connectivity index is 3.49. The molecule has 0 aliphatic rings. The molecule has 1 N–H and O–H groups in total. The van der Waals surface area contributed by atoms with E-state index in [4.69, 9.17) is 14.6 Å². The number of hydrogen-bond donors (Lipinski definition) is 1. The van der Waals surface area contributed by atoms with Crippen LogP contribution in [0, 0.1) is 5.92 Å². The second-order valence-electron chi connectivity index (χ2n) is 3.15. The summed E-state index contributed by atoms with van der Waals surface area (Å²) < 4.78 is 9.78. The molecular formula is C10H18O4. The van der Waals surface area contributed by atoms with E-state index in [1.165, 1.54) is 0 Å². The lowest BCUT2D eigenvalue weighted by atomic mass is 10.1. The Labute approximate surface area is 84.5 Å². The molecule has 0 aromatic carbocycles. The molecule has 4 heteroatoms. The maximum atomic E-state index is 11.2. The van der Waals surface area contributed by atoms with Crippen LogP contribution in [0.2, 0.25) is 0 Å². The fourth-order valence-electron chi connectivity index (χ4n) is 0.688. The van der Waals surface area contributed by atoms with Crippen molar-refractivity contribution >= 4 is 5.97 Å². The van der Waals surface area contributed by atoms with Crippen molar-refractivity contribution in [2.24, 2.45) is 5.92 Å². The number of rotatable bonds is 7. The van der Waals surface area contributed by atoms with Gasteiger partial charge >= 0.3 is 5.97 Å². The van der Waals surface area contributed by atoms with Crippen LogP contribution in [0.1, 0.15) is 13.8 Å². The summed E-state index contributed by atoms with van der Waals surface area (Å²) in [5.41, 5.74) is 0.465. The molecule has 0 aromatic rings. The van der Waals surface area contributed by atoms with Gasteiger partial charge in [-0.3, -0.25) is 0 Å². The van der Waals surface area contributed by atoms with Gasteiger partial charge in [-0.2, -0.15) is 0 Å². The maximum Gasteiger partial charge on any atom is 0.333 e. The van der Waals surface area contributed by atoms with E-state index in [1.54, 1.807) is 0 Å². The average molecular weight is 202 g/mol. The zero-order valence-electron chi connectivity index (χ0n) is 8.78. The van der Waals surface area contributed by atoms with Gasteiger partial charge < -0.3 is 14.6 Å². The quantitative estimate of drug-likeness (QED) is 0.376. The normalized spacial score (nSPS) is 10.3. The minimum atomic E-state index is -0.382. The van der Waals surface area contributed by atoms with Crippen LogP contribution in [0.15, 0.2) is 12.2 Å². The summed E-state index contributed by atoms with van der Waals surface area (Å²) in [7, 11) is 0. The van der Waals surface area contributed by atoms with Gasteiger partial charge in [0.05, 0.1) is 19.8 Å². The van der Waals surface area contributed by atoms with Crippen LogP contribution in [0.4, 0.5) is 0 Å². The van der Waals surface area contributed by atoms with Crippen LogP contribution < -0.4 is 0 Å². The van der Waals surface area contributed by atoms with E-state index >= 15 is 0 Å². The average Bonchev–Trinajstić information content (AvgIpc) is 2.16. The third-order valence-corrected chi connectivity index (χ3v) is 1.66. The number of carbonyl (C=O) groups excluding carboxylic acids is 1. The molecule has 0 heterocycles. The molecule has 0 bridgehead atoms. The van der Waals surface area contributed by atoms with Gasteiger partial charge in [-0.15, -0.1) is 0 Å². The Hall–Kier alpha value is -0.870. The number of carbonyl (C=O) groups is 1. The zero-order chi connectivity index (χ0) is 11.0. The van der Waals surface area contributed by atoms with Gasteiger partial charge in [0.2, 0.25) is 0 Å². The van der Waals surface area contributed by atoms with Crippen molar-refractivity contribution in [3.05, 3.63) is 12.2 Å².